The number of carbonyl (C=O) groups is 3. The molecule has 6 nitrogen and oxygen atoms in total. The number of rotatable bonds is 5. The molecule has 3 aliphatic carbocycles. The summed E-state index contributed by atoms with van der Waals surface area (Å²) in [6, 6.07) is -0.114. The normalized spacial score (nSPS) is 44.1. The number of hydrogen-bond acceptors (Lipinski definition) is 5. The maximum Gasteiger partial charge on any atom is 0.312 e. The Hall–Kier alpha value is -1.59. The summed E-state index contributed by atoms with van der Waals surface area (Å²) in [6.07, 6.45) is 1.53. The molecule has 1 spiro atoms. The molecular weight excluding hydrogens is 310 g/mol. The van der Waals surface area contributed by atoms with Gasteiger partial charge in [-0.1, -0.05) is 13.8 Å². The van der Waals surface area contributed by atoms with E-state index in [2.05, 4.69) is 12.2 Å². The summed E-state index contributed by atoms with van der Waals surface area (Å²) in [4.78, 5) is 36.2. The van der Waals surface area contributed by atoms with Crippen LogP contribution in [0.15, 0.2) is 0 Å². The van der Waals surface area contributed by atoms with Crippen LogP contribution in [0.2, 0.25) is 0 Å². The minimum absolute atomic E-state index is 0.0186. The molecule has 0 radical (unpaired) electrons. The van der Waals surface area contributed by atoms with Crippen LogP contribution < -0.4 is 5.32 Å². The van der Waals surface area contributed by atoms with Crippen LogP contribution in [-0.2, 0) is 23.9 Å². The average Bonchev–Trinajstić information content (AvgIpc) is 3.18. The number of ether oxygens (including phenoxy) is 2. The number of carbonyl (C=O) groups excluding carboxylic acids is 3. The Morgan fingerprint density at radius 2 is 2.12 bits per heavy atom. The van der Waals surface area contributed by atoms with Crippen molar-refractivity contribution in [2.24, 2.45) is 34.5 Å². The van der Waals surface area contributed by atoms with E-state index in [-0.39, 0.29) is 53.8 Å². The third kappa shape index (κ3) is 1.80. The van der Waals surface area contributed by atoms with Gasteiger partial charge in [0.1, 0.15) is 6.10 Å². The Bertz CT molecular complexity index is 629. The second-order valence-corrected chi connectivity index (χ2v) is 8.59. The van der Waals surface area contributed by atoms with Crippen molar-refractivity contribution in [1.29, 1.82) is 0 Å². The molecule has 0 bridgehead atoms. The van der Waals surface area contributed by atoms with Crippen molar-refractivity contribution in [2.75, 3.05) is 6.61 Å². The van der Waals surface area contributed by atoms with Gasteiger partial charge in [-0.25, -0.2) is 0 Å². The lowest BCUT2D eigenvalue weighted by molar-refractivity contribution is -0.159. The van der Waals surface area contributed by atoms with Crippen molar-refractivity contribution in [1.82, 2.24) is 5.32 Å². The predicted molar refractivity (Wildman–Crippen MR) is 83.5 cm³/mol. The lowest BCUT2D eigenvalue weighted by atomic mass is 9.62. The Morgan fingerprint density at radius 3 is 2.79 bits per heavy atom. The smallest absolute Gasteiger partial charge is 0.312 e. The zero-order valence-electron chi connectivity index (χ0n) is 14.6. The molecular formula is C18H25NO5. The number of esters is 2. The van der Waals surface area contributed by atoms with Gasteiger partial charge in [-0.15, -0.1) is 0 Å². The first kappa shape index (κ1) is 15.9. The number of amides is 1. The fraction of sp³-hybridized carbons (Fsp3) is 0.833. The van der Waals surface area contributed by atoms with Crippen LogP contribution in [0.3, 0.4) is 0 Å². The van der Waals surface area contributed by atoms with Crippen LogP contribution in [0.1, 0.15) is 40.5 Å². The van der Waals surface area contributed by atoms with E-state index in [9.17, 15) is 14.4 Å². The van der Waals surface area contributed by atoms with Gasteiger partial charge in [0.05, 0.1) is 17.4 Å². The van der Waals surface area contributed by atoms with Crippen LogP contribution in [0.25, 0.3) is 0 Å². The van der Waals surface area contributed by atoms with E-state index in [1.54, 1.807) is 13.8 Å². The summed E-state index contributed by atoms with van der Waals surface area (Å²) in [5.41, 5.74) is -0.527. The van der Waals surface area contributed by atoms with Gasteiger partial charge in [0.25, 0.3) is 5.91 Å². The second-order valence-electron chi connectivity index (χ2n) is 8.59. The molecule has 0 aromatic carbocycles. The first-order valence-electron chi connectivity index (χ1n) is 8.91. The van der Waals surface area contributed by atoms with E-state index in [0.717, 1.165) is 6.42 Å². The number of nitrogens with one attached hydrogen (secondary N) is 1. The second kappa shape index (κ2) is 4.73. The van der Waals surface area contributed by atoms with Crippen LogP contribution in [0.4, 0.5) is 0 Å². The lowest BCUT2D eigenvalue weighted by Crippen LogP contribution is -2.64. The lowest BCUT2D eigenvalue weighted by Gasteiger charge is -2.47. The summed E-state index contributed by atoms with van der Waals surface area (Å²) in [6.45, 7) is 7.36. The summed E-state index contributed by atoms with van der Waals surface area (Å²) in [5, 5.41) is 2.97. The minimum Gasteiger partial charge on any atom is -0.460 e. The highest BCUT2D eigenvalue weighted by molar-refractivity contribution is 5.84. The Kier molecular flexibility index (Phi) is 3.14. The van der Waals surface area contributed by atoms with E-state index in [1.165, 1.54) is 0 Å². The van der Waals surface area contributed by atoms with Gasteiger partial charge in [0, 0.05) is 11.3 Å². The monoisotopic (exact) mass is 335 g/mol. The fourth-order valence-corrected chi connectivity index (χ4v) is 5.38. The largest absolute Gasteiger partial charge is 0.460 e. The first-order chi connectivity index (χ1) is 11.2. The van der Waals surface area contributed by atoms with Crippen LogP contribution in [-0.4, -0.2) is 36.6 Å². The molecule has 4 rings (SSSR count). The topological polar surface area (TPSA) is 81.7 Å². The van der Waals surface area contributed by atoms with E-state index in [1.807, 2.05) is 6.92 Å². The molecule has 1 amide bonds. The summed E-state index contributed by atoms with van der Waals surface area (Å²) >= 11 is 0. The molecule has 4 fully saturated rings. The quantitative estimate of drug-likeness (QED) is 0.765. The minimum atomic E-state index is -0.586. The van der Waals surface area contributed by atoms with Crippen molar-refractivity contribution in [3.05, 3.63) is 0 Å². The van der Waals surface area contributed by atoms with E-state index >= 15 is 0 Å². The molecule has 1 heterocycles. The van der Waals surface area contributed by atoms with Crippen LogP contribution >= 0.6 is 0 Å². The van der Waals surface area contributed by atoms with Gasteiger partial charge in [0.2, 0.25) is 0 Å². The van der Waals surface area contributed by atoms with E-state index in [4.69, 9.17) is 9.47 Å². The predicted octanol–water partition coefficient (Wildman–Crippen LogP) is 1.28. The average molecular weight is 335 g/mol. The summed E-state index contributed by atoms with van der Waals surface area (Å²) in [5.74, 6) is 0.383. The van der Waals surface area contributed by atoms with Crippen LogP contribution in [0, 0.1) is 34.5 Å². The van der Waals surface area contributed by atoms with Crippen molar-refractivity contribution < 1.29 is 23.9 Å². The highest BCUT2D eigenvalue weighted by Gasteiger charge is 2.86. The molecule has 7 atom stereocenters. The van der Waals surface area contributed by atoms with Gasteiger partial charge in [0.15, 0.2) is 6.61 Å². The molecule has 6 heteroatoms. The van der Waals surface area contributed by atoms with E-state index < -0.39 is 5.41 Å². The first-order valence-corrected chi connectivity index (χ1v) is 8.91. The van der Waals surface area contributed by atoms with Crippen molar-refractivity contribution in [2.45, 2.75) is 52.7 Å². The Balaban J connectivity index is 1.37. The Labute approximate surface area is 141 Å². The van der Waals surface area contributed by atoms with Gasteiger partial charge in [-0.05, 0) is 38.5 Å². The number of hydrogen-bond donors (Lipinski definition) is 1. The maximum atomic E-state index is 12.2. The molecule has 1 saturated heterocycles. The van der Waals surface area contributed by atoms with Gasteiger partial charge in [-0.2, -0.15) is 0 Å². The zero-order chi connectivity index (χ0) is 17.4. The van der Waals surface area contributed by atoms with Gasteiger partial charge < -0.3 is 14.8 Å². The molecule has 24 heavy (non-hydrogen) atoms. The summed E-state index contributed by atoms with van der Waals surface area (Å²) in [7, 11) is 0. The van der Waals surface area contributed by atoms with Crippen molar-refractivity contribution in [3.63, 3.8) is 0 Å². The highest BCUT2D eigenvalue weighted by atomic mass is 16.6. The van der Waals surface area contributed by atoms with Gasteiger partial charge >= 0.3 is 11.9 Å². The van der Waals surface area contributed by atoms with Crippen molar-refractivity contribution >= 4 is 17.8 Å². The molecule has 4 aliphatic rings. The van der Waals surface area contributed by atoms with Gasteiger partial charge in [-0.3, -0.25) is 14.4 Å². The molecule has 1 N–H and O–H groups in total. The summed E-state index contributed by atoms with van der Waals surface area (Å²) < 4.78 is 10.7. The molecule has 1 aliphatic heterocycles. The standard InChI is InChI=1S/C18H25NO5/c1-5-17(3,4)16(22)23-7-10(20)19-14-13-12-11(15(21)24-13)8(2)9-6-18(9,12)14/h8-9,11-14H,5-7H2,1-4H3,(H,19,20). The SMILES string of the molecule is CCC(C)(C)C(=O)OCC(=O)NC1C2OC(=O)C3C(C)C4CC41C23. The molecule has 3 saturated carbocycles. The maximum absolute atomic E-state index is 12.2. The van der Waals surface area contributed by atoms with Crippen molar-refractivity contribution in [3.8, 4) is 0 Å². The zero-order valence-corrected chi connectivity index (χ0v) is 14.6. The Morgan fingerprint density at radius 1 is 1.42 bits per heavy atom. The molecule has 132 valence electrons. The van der Waals surface area contributed by atoms with E-state index in [0.29, 0.717) is 18.3 Å². The highest BCUT2D eigenvalue weighted by Crippen LogP contribution is 2.81. The van der Waals surface area contributed by atoms with Crippen LogP contribution in [0.5, 0.6) is 0 Å². The third-order valence-corrected chi connectivity index (χ3v) is 7.19. The molecule has 7 unspecified atom stereocenters. The molecule has 0 aromatic heterocycles. The molecule has 0 aromatic rings. The third-order valence-electron chi connectivity index (χ3n) is 7.19. The fourth-order valence-electron chi connectivity index (χ4n) is 5.38.